The molecule has 8 nitrogen and oxygen atoms in total. The fourth-order valence-corrected chi connectivity index (χ4v) is 5.60. The number of nitrogens with zero attached hydrogens (tertiary/aromatic N) is 3. The Bertz CT molecular complexity index is 772. The van der Waals surface area contributed by atoms with Crippen molar-refractivity contribution in [1.82, 2.24) is 25.2 Å². The fourth-order valence-electron chi connectivity index (χ4n) is 4.61. The molecule has 168 valence electrons. The maximum Gasteiger partial charge on any atom is 0.242 e. The van der Waals surface area contributed by atoms with Gasteiger partial charge in [-0.3, -0.25) is 14.9 Å². The zero-order chi connectivity index (χ0) is 21.3. The summed E-state index contributed by atoms with van der Waals surface area (Å²) < 4.78 is 27.1. The van der Waals surface area contributed by atoms with E-state index >= 15 is 0 Å². The number of piperidine rings is 1. The molecule has 0 bridgehead atoms. The molecular formula is C21H36N6O2S. The molecule has 3 N–H and O–H groups in total. The van der Waals surface area contributed by atoms with E-state index < -0.39 is 10.0 Å². The molecule has 0 spiro atoms. The van der Waals surface area contributed by atoms with E-state index in [4.69, 9.17) is 0 Å². The van der Waals surface area contributed by atoms with Gasteiger partial charge in [-0.15, -0.1) is 0 Å². The maximum absolute atomic E-state index is 12.3. The third-order valence-corrected chi connectivity index (χ3v) is 7.72. The molecule has 1 saturated heterocycles. The number of guanidine groups is 1. The zero-order valence-electron chi connectivity index (χ0n) is 18.1. The summed E-state index contributed by atoms with van der Waals surface area (Å²) in [6, 6.07) is 3.15. The highest BCUT2D eigenvalue weighted by molar-refractivity contribution is 7.89. The zero-order valence-corrected chi connectivity index (χ0v) is 18.9. The average Bonchev–Trinajstić information content (AvgIpc) is 2.80. The second kappa shape index (κ2) is 11.1. The summed E-state index contributed by atoms with van der Waals surface area (Å²) in [5, 5.41) is 6.75. The normalized spacial score (nSPS) is 20.6. The van der Waals surface area contributed by atoms with Crippen molar-refractivity contribution in [3.8, 4) is 0 Å². The first-order chi connectivity index (χ1) is 14.6. The van der Waals surface area contributed by atoms with E-state index in [2.05, 4.69) is 30.2 Å². The van der Waals surface area contributed by atoms with E-state index in [1.165, 1.54) is 76.7 Å². The first-order valence-corrected chi connectivity index (χ1v) is 12.6. The van der Waals surface area contributed by atoms with Gasteiger partial charge >= 0.3 is 0 Å². The number of nitrogens with one attached hydrogen (secondary N) is 3. The predicted molar refractivity (Wildman–Crippen MR) is 120 cm³/mol. The number of likely N-dealkylation sites (tertiary alicyclic amines) is 1. The Morgan fingerprint density at radius 1 is 1.10 bits per heavy atom. The van der Waals surface area contributed by atoms with Crippen molar-refractivity contribution in [2.45, 2.75) is 61.8 Å². The van der Waals surface area contributed by atoms with Gasteiger partial charge in [0, 0.05) is 44.6 Å². The van der Waals surface area contributed by atoms with Crippen molar-refractivity contribution in [2.75, 3.05) is 39.8 Å². The standard InChI is InChI=1S/C21H36N6O2S/c1-22-20(24-13-14-26-30(28,29)19-9-8-12-23-17-19)25-18-21(10-4-2-5-11-21)27-15-6-3-7-16-27/h8-9,12,17,26H,2-7,10-11,13-16,18H2,1H3,(H2,22,24,25). The summed E-state index contributed by atoms with van der Waals surface area (Å²) in [6.45, 7) is 4.01. The van der Waals surface area contributed by atoms with Crippen molar-refractivity contribution >= 4 is 16.0 Å². The third kappa shape index (κ3) is 6.15. The fraction of sp³-hybridized carbons (Fsp3) is 0.714. The quantitative estimate of drug-likeness (QED) is 0.326. The van der Waals surface area contributed by atoms with Gasteiger partial charge in [0.15, 0.2) is 5.96 Å². The van der Waals surface area contributed by atoms with Crippen molar-refractivity contribution in [2.24, 2.45) is 4.99 Å². The average molecular weight is 437 g/mol. The number of sulfonamides is 1. The molecule has 3 rings (SSSR count). The summed E-state index contributed by atoms with van der Waals surface area (Å²) in [5.74, 6) is 0.720. The van der Waals surface area contributed by atoms with Crippen LogP contribution in [0.25, 0.3) is 0 Å². The second-order valence-electron chi connectivity index (χ2n) is 8.27. The number of hydrogen-bond donors (Lipinski definition) is 3. The highest BCUT2D eigenvalue weighted by Crippen LogP contribution is 2.35. The molecule has 0 amide bonds. The Morgan fingerprint density at radius 2 is 1.83 bits per heavy atom. The van der Waals surface area contributed by atoms with E-state index in [1.807, 2.05) is 0 Å². The highest BCUT2D eigenvalue weighted by atomic mass is 32.2. The molecule has 2 aliphatic rings. The van der Waals surface area contributed by atoms with Crippen LogP contribution in [0.15, 0.2) is 34.4 Å². The monoisotopic (exact) mass is 436 g/mol. The summed E-state index contributed by atoms with van der Waals surface area (Å²) in [5.41, 5.74) is 0.220. The molecule has 1 saturated carbocycles. The molecular weight excluding hydrogens is 400 g/mol. The van der Waals surface area contributed by atoms with Gasteiger partial charge in [-0.1, -0.05) is 25.7 Å². The summed E-state index contributed by atoms with van der Waals surface area (Å²) in [7, 11) is -1.78. The van der Waals surface area contributed by atoms with Crippen molar-refractivity contribution in [3.63, 3.8) is 0 Å². The predicted octanol–water partition coefficient (Wildman–Crippen LogP) is 1.71. The second-order valence-corrected chi connectivity index (χ2v) is 10.0. The molecule has 1 aromatic rings. The molecule has 2 fully saturated rings. The molecule has 1 aromatic heterocycles. The summed E-state index contributed by atoms with van der Waals surface area (Å²) in [4.78, 5) is 11.1. The van der Waals surface area contributed by atoms with Crippen LogP contribution in [-0.4, -0.2) is 69.6 Å². The van der Waals surface area contributed by atoms with E-state index in [9.17, 15) is 8.42 Å². The smallest absolute Gasteiger partial charge is 0.242 e. The number of rotatable bonds is 8. The molecule has 1 aliphatic carbocycles. The van der Waals surface area contributed by atoms with Crippen molar-refractivity contribution in [1.29, 1.82) is 0 Å². The Morgan fingerprint density at radius 3 is 2.50 bits per heavy atom. The van der Waals surface area contributed by atoms with Crippen LogP contribution >= 0.6 is 0 Å². The Hall–Kier alpha value is -1.71. The third-order valence-electron chi connectivity index (χ3n) is 6.27. The highest BCUT2D eigenvalue weighted by Gasteiger charge is 2.38. The van der Waals surface area contributed by atoms with Gasteiger partial charge < -0.3 is 10.6 Å². The first kappa shape index (κ1) is 23.0. The Kier molecular flexibility index (Phi) is 8.47. The molecule has 0 radical (unpaired) electrons. The van der Waals surface area contributed by atoms with Gasteiger partial charge in [-0.05, 0) is 50.9 Å². The largest absolute Gasteiger partial charge is 0.355 e. The van der Waals surface area contributed by atoms with E-state index in [0.717, 1.165) is 12.5 Å². The van der Waals surface area contributed by atoms with Gasteiger partial charge in [0.1, 0.15) is 4.90 Å². The number of pyridine rings is 1. The van der Waals surface area contributed by atoms with Crippen LogP contribution in [0.3, 0.4) is 0 Å². The SMILES string of the molecule is CN=C(NCCNS(=O)(=O)c1cccnc1)NCC1(N2CCCCC2)CCCCC1. The lowest BCUT2D eigenvalue weighted by Crippen LogP contribution is -2.59. The van der Waals surface area contributed by atoms with Crippen LogP contribution in [0.5, 0.6) is 0 Å². The van der Waals surface area contributed by atoms with Crippen LogP contribution in [0.2, 0.25) is 0 Å². The lowest BCUT2D eigenvalue weighted by molar-refractivity contribution is 0.0368. The van der Waals surface area contributed by atoms with Gasteiger partial charge in [0.05, 0.1) is 0 Å². The van der Waals surface area contributed by atoms with Gasteiger partial charge in [-0.2, -0.15) is 0 Å². The number of aliphatic imine (C=N–C) groups is 1. The van der Waals surface area contributed by atoms with Crippen LogP contribution in [0.1, 0.15) is 51.4 Å². The van der Waals surface area contributed by atoms with Crippen LogP contribution in [0, 0.1) is 0 Å². The first-order valence-electron chi connectivity index (χ1n) is 11.2. The maximum atomic E-state index is 12.3. The Labute approximate surface area is 181 Å². The van der Waals surface area contributed by atoms with Crippen LogP contribution in [0.4, 0.5) is 0 Å². The lowest BCUT2D eigenvalue weighted by Gasteiger charge is -2.48. The number of hydrogen-bond acceptors (Lipinski definition) is 5. The van der Waals surface area contributed by atoms with Crippen molar-refractivity contribution in [3.05, 3.63) is 24.5 Å². The lowest BCUT2D eigenvalue weighted by atomic mass is 9.79. The number of aromatic nitrogens is 1. The van der Waals surface area contributed by atoms with Gasteiger partial charge in [-0.25, -0.2) is 13.1 Å². The molecule has 9 heteroatoms. The molecule has 2 heterocycles. The van der Waals surface area contributed by atoms with Crippen LogP contribution < -0.4 is 15.4 Å². The van der Waals surface area contributed by atoms with Crippen LogP contribution in [-0.2, 0) is 10.0 Å². The van der Waals surface area contributed by atoms with E-state index in [-0.39, 0.29) is 17.0 Å². The molecule has 1 aliphatic heterocycles. The molecule has 0 atom stereocenters. The Balaban J connectivity index is 1.47. The summed E-state index contributed by atoms with van der Waals surface area (Å²) in [6.07, 6.45) is 13.2. The molecule has 30 heavy (non-hydrogen) atoms. The van der Waals surface area contributed by atoms with E-state index in [0.29, 0.717) is 6.54 Å². The molecule has 0 aromatic carbocycles. The minimum atomic E-state index is -3.54. The summed E-state index contributed by atoms with van der Waals surface area (Å²) >= 11 is 0. The minimum Gasteiger partial charge on any atom is -0.355 e. The van der Waals surface area contributed by atoms with Crippen molar-refractivity contribution < 1.29 is 8.42 Å². The topological polar surface area (TPSA) is 98.7 Å². The van der Waals surface area contributed by atoms with Gasteiger partial charge in [0.2, 0.25) is 10.0 Å². The minimum absolute atomic E-state index is 0.174. The molecule has 0 unspecified atom stereocenters. The van der Waals surface area contributed by atoms with E-state index in [1.54, 1.807) is 19.3 Å². The van der Waals surface area contributed by atoms with Gasteiger partial charge in [0.25, 0.3) is 0 Å².